The highest BCUT2D eigenvalue weighted by Crippen LogP contribution is 2.14. The fraction of sp³-hybridized carbons (Fsp3) is 0.200. The summed E-state index contributed by atoms with van der Waals surface area (Å²) in [5, 5.41) is 0. The number of esters is 1. The number of hydrazine groups is 1. The molecule has 25 heavy (non-hydrogen) atoms. The topological polar surface area (TPSA) is 106 Å². The molecule has 2 rings (SSSR count). The largest absolute Gasteiger partial charge is 0.462 e. The summed E-state index contributed by atoms with van der Waals surface area (Å²) in [6.45, 7) is 1.90. The van der Waals surface area contributed by atoms with E-state index in [1.54, 1.807) is 30.8 Å². The number of sulfonamides is 1. The lowest BCUT2D eigenvalue weighted by molar-refractivity contribution is 0.0526. The molecule has 0 aliphatic carbocycles. The van der Waals surface area contributed by atoms with Crippen molar-refractivity contribution in [1.29, 1.82) is 0 Å². The average molecular weight is 430 g/mol. The second kappa shape index (κ2) is 7.81. The van der Waals surface area contributed by atoms with Gasteiger partial charge < -0.3 is 9.30 Å². The Labute approximate surface area is 153 Å². The molecule has 1 aromatic heterocycles. The molecule has 2 aromatic rings. The van der Waals surface area contributed by atoms with Crippen LogP contribution in [0.1, 0.15) is 27.8 Å². The lowest BCUT2D eigenvalue weighted by atomic mass is 10.2. The minimum absolute atomic E-state index is 0.103. The second-order valence-electron chi connectivity index (χ2n) is 4.96. The molecule has 134 valence electrons. The predicted octanol–water partition coefficient (Wildman–Crippen LogP) is 1.59. The third kappa shape index (κ3) is 4.68. The van der Waals surface area contributed by atoms with Crippen LogP contribution < -0.4 is 10.3 Å². The molecule has 10 heteroatoms. The molecule has 0 spiro atoms. The SMILES string of the molecule is CCOC(=O)c1ccc(S(=O)(=O)NNC(=O)c2cc(Br)cn2C)cc1. The Morgan fingerprint density at radius 2 is 1.88 bits per heavy atom. The highest BCUT2D eigenvalue weighted by atomic mass is 79.9. The predicted molar refractivity (Wildman–Crippen MR) is 93.3 cm³/mol. The molecule has 0 saturated carbocycles. The summed E-state index contributed by atoms with van der Waals surface area (Å²) in [5.74, 6) is -1.15. The van der Waals surface area contributed by atoms with Gasteiger partial charge in [0.1, 0.15) is 5.69 Å². The Hall–Kier alpha value is -2.17. The minimum Gasteiger partial charge on any atom is -0.462 e. The maximum absolute atomic E-state index is 12.2. The number of hydrogen-bond donors (Lipinski definition) is 2. The number of benzene rings is 1. The number of nitrogens with zero attached hydrogens (tertiary/aromatic N) is 1. The van der Waals surface area contributed by atoms with Crippen LogP contribution in [0.5, 0.6) is 0 Å². The van der Waals surface area contributed by atoms with Crippen molar-refractivity contribution in [3.05, 3.63) is 52.3 Å². The van der Waals surface area contributed by atoms with Crippen LogP contribution in [0, 0.1) is 0 Å². The summed E-state index contributed by atoms with van der Waals surface area (Å²) >= 11 is 3.23. The molecule has 0 fully saturated rings. The van der Waals surface area contributed by atoms with E-state index in [2.05, 4.69) is 21.4 Å². The van der Waals surface area contributed by atoms with Crippen LogP contribution >= 0.6 is 15.9 Å². The Bertz CT molecular complexity index is 890. The average Bonchev–Trinajstić information content (AvgIpc) is 2.91. The number of rotatable bonds is 6. The Morgan fingerprint density at radius 1 is 1.24 bits per heavy atom. The van der Waals surface area contributed by atoms with Gasteiger partial charge in [0.15, 0.2) is 0 Å². The quantitative estimate of drug-likeness (QED) is 0.535. The molecule has 2 N–H and O–H groups in total. The highest BCUT2D eigenvalue weighted by Gasteiger charge is 2.18. The van der Waals surface area contributed by atoms with Crippen LogP contribution in [-0.2, 0) is 21.8 Å². The number of nitrogens with one attached hydrogen (secondary N) is 2. The van der Waals surface area contributed by atoms with Gasteiger partial charge in [0.05, 0.1) is 17.1 Å². The lowest BCUT2D eigenvalue weighted by Gasteiger charge is -2.09. The number of hydrogen-bond acceptors (Lipinski definition) is 5. The highest BCUT2D eigenvalue weighted by molar-refractivity contribution is 9.10. The van der Waals surface area contributed by atoms with Crippen LogP contribution in [0.4, 0.5) is 0 Å². The number of amides is 1. The van der Waals surface area contributed by atoms with Crippen molar-refractivity contribution in [3.8, 4) is 0 Å². The van der Waals surface area contributed by atoms with Crippen LogP contribution in [0.15, 0.2) is 45.9 Å². The molecule has 0 radical (unpaired) electrons. The van der Waals surface area contributed by atoms with Gasteiger partial charge in [0.2, 0.25) is 0 Å². The molecule has 0 atom stereocenters. The maximum Gasteiger partial charge on any atom is 0.338 e. The second-order valence-corrected chi connectivity index (χ2v) is 7.56. The van der Waals surface area contributed by atoms with Crippen molar-refractivity contribution in [1.82, 2.24) is 14.8 Å². The van der Waals surface area contributed by atoms with E-state index < -0.39 is 21.9 Å². The first-order valence-corrected chi connectivity index (χ1v) is 9.43. The van der Waals surface area contributed by atoms with Gasteiger partial charge in [0, 0.05) is 17.7 Å². The molecule has 1 heterocycles. The molecule has 1 amide bonds. The van der Waals surface area contributed by atoms with Crippen molar-refractivity contribution in [3.63, 3.8) is 0 Å². The molecule has 8 nitrogen and oxygen atoms in total. The Kier molecular flexibility index (Phi) is 5.98. The van der Waals surface area contributed by atoms with E-state index in [1.807, 2.05) is 4.83 Å². The van der Waals surface area contributed by atoms with E-state index in [0.29, 0.717) is 4.47 Å². The number of carbonyl (C=O) groups excluding carboxylic acids is 2. The van der Waals surface area contributed by atoms with E-state index in [-0.39, 0.29) is 22.8 Å². The van der Waals surface area contributed by atoms with Gasteiger partial charge >= 0.3 is 5.97 Å². The first-order valence-electron chi connectivity index (χ1n) is 7.16. The van der Waals surface area contributed by atoms with E-state index >= 15 is 0 Å². The zero-order valence-electron chi connectivity index (χ0n) is 13.4. The van der Waals surface area contributed by atoms with Crippen molar-refractivity contribution >= 4 is 37.8 Å². The maximum atomic E-state index is 12.2. The van der Waals surface area contributed by atoms with Gasteiger partial charge in [-0.3, -0.25) is 10.2 Å². The molecular formula is C15H16BrN3O5S. The summed E-state index contributed by atoms with van der Waals surface area (Å²) in [5.41, 5.74) is 2.64. The molecule has 0 bridgehead atoms. The summed E-state index contributed by atoms with van der Waals surface area (Å²) in [6, 6.07) is 6.73. The number of aryl methyl sites for hydroxylation is 1. The van der Waals surface area contributed by atoms with Crippen LogP contribution in [0.25, 0.3) is 0 Å². The minimum atomic E-state index is -3.98. The molecule has 0 aliphatic heterocycles. The first-order chi connectivity index (χ1) is 11.7. The van der Waals surface area contributed by atoms with Gasteiger partial charge in [-0.1, -0.05) is 0 Å². The van der Waals surface area contributed by atoms with Gasteiger partial charge in [-0.05, 0) is 53.2 Å². The molecule has 0 unspecified atom stereocenters. The number of ether oxygens (including phenoxy) is 1. The van der Waals surface area contributed by atoms with Crippen molar-refractivity contribution in [2.45, 2.75) is 11.8 Å². The van der Waals surface area contributed by atoms with Crippen LogP contribution in [0.3, 0.4) is 0 Å². The number of halogens is 1. The smallest absolute Gasteiger partial charge is 0.338 e. The molecule has 0 saturated heterocycles. The Morgan fingerprint density at radius 3 is 2.40 bits per heavy atom. The van der Waals surface area contributed by atoms with Crippen molar-refractivity contribution in [2.24, 2.45) is 7.05 Å². The fourth-order valence-electron chi connectivity index (χ4n) is 1.97. The lowest BCUT2D eigenvalue weighted by Crippen LogP contribution is -2.42. The van der Waals surface area contributed by atoms with Gasteiger partial charge in [-0.25, -0.2) is 13.2 Å². The summed E-state index contributed by atoms with van der Waals surface area (Å²) < 4.78 is 31.5. The van der Waals surface area contributed by atoms with Gasteiger partial charge in [-0.15, -0.1) is 4.83 Å². The zero-order chi connectivity index (χ0) is 18.6. The molecule has 1 aromatic carbocycles. The monoisotopic (exact) mass is 429 g/mol. The van der Waals surface area contributed by atoms with Gasteiger partial charge in [0.25, 0.3) is 15.9 Å². The molecular weight excluding hydrogens is 414 g/mol. The van der Waals surface area contributed by atoms with E-state index in [1.165, 1.54) is 24.3 Å². The van der Waals surface area contributed by atoms with E-state index in [9.17, 15) is 18.0 Å². The Balaban J connectivity index is 2.07. The zero-order valence-corrected chi connectivity index (χ0v) is 15.8. The van der Waals surface area contributed by atoms with Crippen molar-refractivity contribution < 1.29 is 22.7 Å². The van der Waals surface area contributed by atoms with Crippen LogP contribution in [-0.4, -0.2) is 31.5 Å². The summed E-state index contributed by atoms with van der Waals surface area (Å²) in [7, 11) is -2.32. The number of aromatic nitrogens is 1. The fourth-order valence-corrected chi connectivity index (χ4v) is 3.33. The molecule has 0 aliphatic rings. The summed E-state index contributed by atoms with van der Waals surface area (Å²) in [4.78, 5) is 25.5. The van der Waals surface area contributed by atoms with E-state index in [4.69, 9.17) is 4.74 Å². The third-order valence-corrected chi connectivity index (χ3v) is 4.88. The van der Waals surface area contributed by atoms with Crippen LogP contribution in [0.2, 0.25) is 0 Å². The van der Waals surface area contributed by atoms with Crippen molar-refractivity contribution in [2.75, 3.05) is 6.61 Å². The van der Waals surface area contributed by atoms with E-state index in [0.717, 1.165) is 0 Å². The standard InChI is InChI=1S/C15H16BrN3O5S/c1-3-24-15(21)10-4-6-12(7-5-10)25(22,23)18-17-14(20)13-8-11(16)9-19(13)2/h4-9,18H,3H2,1-2H3,(H,17,20). The van der Waals surface area contributed by atoms with Gasteiger partial charge in [-0.2, -0.15) is 0 Å². The number of carbonyl (C=O) groups is 2. The normalized spacial score (nSPS) is 11.2. The third-order valence-electron chi connectivity index (χ3n) is 3.18. The summed E-state index contributed by atoms with van der Waals surface area (Å²) in [6.07, 6.45) is 1.66. The first kappa shape index (κ1) is 19.2.